The molecule has 1 aliphatic heterocycles. The fourth-order valence-corrected chi connectivity index (χ4v) is 3.34. The van der Waals surface area contributed by atoms with Crippen molar-refractivity contribution in [3.63, 3.8) is 0 Å². The quantitative estimate of drug-likeness (QED) is 0.793. The van der Waals surface area contributed by atoms with E-state index in [4.69, 9.17) is 0 Å². The molecule has 1 amide bonds. The van der Waals surface area contributed by atoms with E-state index >= 15 is 0 Å². The number of alkyl halides is 3. The van der Waals surface area contributed by atoms with Gasteiger partial charge in [-0.05, 0) is 37.5 Å². The van der Waals surface area contributed by atoms with E-state index in [0.29, 0.717) is 19.3 Å². The van der Waals surface area contributed by atoms with Crippen molar-refractivity contribution < 1.29 is 27.5 Å². The summed E-state index contributed by atoms with van der Waals surface area (Å²) in [5.74, 6) is -3.20. The summed E-state index contributed by atoms with van der Waals surface area (Å²) in [6, 6.07) is 4.31. The van der Waals surface area contributed by atoms with Crippen LogP contribution in [0.25, 0.3) is 0 Å². The number of nitrogens with zero attached hydrogens (tertiary/aromatic N) is 2. The van der Waals surface area contributed by atoms with Crippen molar-refractivity contribution in [2.75, 3.05) is 0 Å². The van der Waals surface area contributed by atoms with Crippen LogP contribution in [0.4, 0.5) is 17.6 Å². The number of carbonyl (C=O) groups excluding carboxylic acids is 1. The van der Waals surface area contributed by atoms with Gasteiger partial charge in [0, 0.05) is 11.3 Å². The maximum absolute atomic E-state index is 13.7. The van der Waals surface area contributed by atoms with Crippen LogP contribution >= 0.6 is 0 Å². The van der Waals surface area contributed by atoms with Gasteiger partial charge in [0.15, 0.2) is 0 Å². The number of aliphatic hydroxyl groups is 1. The second-order valence-corrected chi connectivity index (χ2v) is 6.09. The van der Waals surface area contributed by atoms with Gasteiger partial charge in [-0.15, -0.1) is 0 Å². The third-order valence-electron chi connectivity index (χ3n) is 4.55. The Kier molecular flexibility index (Phi) is 4.11. The molecular weight excluding hydrogens is 328 g/mol. The topological polar surface area (TPSA) is 52.9 Å². The van der Waals surface area contributed by atoms with Crippen LogP contribution in [0.1, 0.15) is 42.5 Å². The van der Waals surface area contributed by atoms with Crippen LogP contribution < -0.4 is 0 Å². The summed E-state index contributed by atoms with van der Waals surface area (Å²) in [6.07, 6.45) is -2.75. The van der Waals surface area contributed by atoms with E-state index in [-0.39, 0.29) is 22.7 Å². The van der Waals surface area contributed by atoms with Crippen molar-refractivity contribution in [1.29, 1.82) is 0 Å². The maximum Gasteiger partial charge on any atom is 0.439 e. The average molecular weight is 344 g/mol. The first-order chi connectivity index (χ1) is 11.2. The Balaban J connectivity index is 2.05. The second-order valence-electron chi connectivity index (χ2n) is 6.09. The lowest BCUT2D eigenvalue weighted by molar-refractivity contribution is -0.312. The van der Waals surface area contributed by atoms with Gasteiger partial charge in [0.1, 0.15) is 5.82 Å². The van der Waals surface area contributed by atoms with Crippen molar-refractivity contribution in [3.05, 3.63) is 35.6 Å². The number of rotatable bonds is 1. The fourth-order valence-electron chi connectivity index (χ4n) is 3.34. The van der Waals surface area contributed by atoms with Gasteiger partial charge in [-0.2, -0.15) is 23.3 Å². The molecule has 8 heteroatoms. The Morgan fingerprint density at radius 3 is 2.71 bits per heavy atom. The van der Waals surface area contributed by atoms with Crippen LogP contribution in [0.2, 0.25) is 0 Å². The fraction of sp³-hybridized carbons (Fsp3) is 0.500. The van der Waals surface area contributed by atoms with Crippen LogP contribution in [0.5, 0.6) is 0 Å². The molecule has 2 aliphatic rings. The molecule has 1 fully saturated rings. The molecule has 0 aromatic heterocycles. The monoisotopic (exact) mass is 344 g/mol. The molecule has 4 nitrogen and oxygen atoms in total. The lowest BCUT2D eigenvalue weighted by Crippen LogP contribution is -2.61. The minimum Gasteiger partial charge on any atom is -0.362 e. The van der Waals surface area contributed by atoms with Gasteiger partial charge in [-0.3, -0.25) is 4.79 Å². The predicted molar refractivity (Wildman–Crippen MR) is 77.6 cm³/mol. The molecule has 1 saturated carbocycles. The number of hydrogen-bond donors (Lipinski definition) is 1. The van der Waals surface area contributed by atoms with E-state index in [9.17, 15) is 27.5 Å². The number of hydrogen-bond acceptors (Lipinski definition) is 3. The van der Waals surface area contributed by atoms with Crippen molar-refractivity contribution in [2.24, 2.45) is 11.0 Å². The van der Waals surface area contributed by atoms with Crippen LogP contribution in [-0.2, 0) is 0 Å². The summed E-state index contributed by atoms with van der Waals surface area (Å²) < 4.78 is 54.3. The Morgan fingerprint density at radius 1 is 1.29 bits per heavy atom. The zero-order chi connectivity index (χ0) is 17.5. The molecule has 1 heterocycles. The van der Waals surface area contributed by atoms with Gasteiger partial charge in [0.2, 0.25) is 0 Å². The van der Waals surface area contributed by atoms with E-state index in [1.807, 2.05) is 0 Å². The highest BCUT2D eigenvalue weighted by Crippen LogP contribution is 2.48. The van der Waals surface area contributed by atoms with Crippen molar-refractivity contribution in [2.45, 2.75) is 44.0 Å². The Hall–Kier alpha value is -1.96. The molecule has 0 saturated heterocycles. The van der Waals surface area contributed by atoms with E-state index in [1.54, 1.807) is 0 Å². The van der Waals surface area contributed by atoms with Gasteiger partial charge in [0.05, 0.1) is 5.92 Å². The highest BCUT2D eigenvalue weighted by Gasteiger charge is 2.68. The predicted octanol–water partition coefficient (Wildman–Crippen LogP) is 3.47. The molecule has 2 atom stereocenters. The molecule has 1 aliphatic carbocycles. The van der Waals surface area contributed by atoms with Gasteiger partial charge >= 0.3 is 6.18 Å². The molecule has 130 valence electrons. The number of fused-ring (bicyclic) bond motifs is 1. The number of amides is 1. The molecular formula is C16H16F4N2O2. The summed E-state index contributed by atoms with van der Waals surface area (Å²) in [4.78, 5) is 12.5. The average Bonchev–Trinajstić information content (AvgIpc) is 2.68. The molecule has 1 N–H and O–H groups in total. The van der Waals surface area contributed by atoms with E-state index < -0.39 is 29.5 Å². The summed E-state index contributed by atoms with van der Waals surface area (Å²) in [5.41, 5.74) is -3.51. The van der Waals surface area contributed by atoms with Crippen molar-refractivity contribution in [1.82, 2.24) is 5.01 Å². The van der Waals surface area contributed by atoms with Crippen molar-refractivity contribution >= 4 is 11.6 Å². The van der Waals surface area contributed by atoms with Crippen molar-refractivity contribution in [3.8, 4) is 0 Å². The molecule has 3 rings (SSSR count). The Labute approximate surface area is 135 Å². The number of carbonyl (C=O) groups is 1. The molecule has 24 heavy (non-hydrogen) atoms. The first-order valence-electron chi connectivity index (χ1n) is 7.71. The third kappa shape index (κ3) is 2.58. The maximum atomic E-state index is 13.7. The highest BCUT2D eigenvalue weighted by molar-refractivity contribution is 5.99. The molecule has 0 bridgehead atoms. The number of benzene rings is 1. The smallest absolute Gasteiger partial charge is 0.362 e. The van der Waals surface area contributed by atoms with E-state index in [2.05, 4.69) is 5.10 Å². The standard InChI is InChI=1S/C16H16F4N2O2/c17-11-6-4-5-10(9-11)14(23)22-15(24,16(18,19)20)12-7-2-1-3-8-13(12)21-22/h4-6,9,12,24H,1-3,7-8H2/t12-,15+/m0/s1. The Bertz CT molecular complexity index is 689. The minimum atomic E-state index is -5.07. The normalized spacial score (nSPS) is 27.5. The molecule has 1 aromatic carbocycles. The van der Waals surface area contributed by atoms with Gasteiger partial charge in [0.25, 0.3) is 11.6 Å². The molecule has 0 radical (unpaired) electrons. The number of halogens is 4. The summed E-state index contributed by atoms with van der Waals surface area (Å²) >= 11 is 0. The largest absolute Gasteiger partial charge is 0.439 e. The lowest BCUT2D eigenvalue weighted by Gasteiger charge is -2.37. The molecule has 0 spiro atoms. The summed E-state index contributed by atoms with van der Waals surface area (Å²) in [7, 11) is 0. The van der Waals surface area contributed by atoms with Gasteiger partial charge < -0.3 is 5.11 Å². The van der Waals surface area contributed by atoms with Crippen LogP contribution in [0.3, 0.4) is 0 Å². The van der Waals surface area contributed by atoms with Gasteiger partial charge in [-0.25, -0.2) is 4.39 Å². The van der Waals surface area contributed by atoms with Crippen LogP contribution in [0, 0.1) is 11.7 Å². The van der Waals surface area contributed by atoms with Crippen LogP contribution in [0.15, 0.2) is 29.4 Å². The second kappa shape index (κ2) is 5.84. The lowest BCUT2D eigenvalue weighted by atomic mass is 9.87. The molecule has 1 aromatic rings. The molecule has 0 unspecified atom stereocenters. The number of hydrazone groups is 1. The summed E-state index contributed by atoms with van der Waals surface area (Å²) in [5, 5.41) is 14.4. The zero-order valence-corrected chi connectivity index (χ0v) is 12.7. The summed E-state index contributed by atoms with van der Waals surface area (Å²) in [6.45, 7) is 0. The van der Waals surface area contributed by atoms with E-state index in [0.717, 1.165) is 18.6 Å². The van der Waals surface area contributed by atoms with E-state index in [1.165, 1.54) is 12.1 Å². The zero-order valence-electron chi connectivity index (χ0n) is 12.7. The van der Waals surface area contributed by atoms with Crippen LogP contribution in [-0.4, -0.2) is 33.6 Å². The van der Waals surface area contributed by atoms with Gasteiger partial charge in [-0.1, -0.05) is 18.9 Å². The highest BCUT2D eigenvalue weighted by atomic mass is 19.4. The minimum absolute atomic E-state index is 0.0904. The first-order valence-corrected chi connectivity index (χ1v) is 7.71. The first kappa shape index (κ1) is 16.9. The SMILES string of the molecule is O=C(c1cccc(F)c1)N1N=C2CCCCC[C@@H]2[C@@]1(O)C(F)(F)F. The Morgan fingerprint density at radius 2 is 2.04 bits per heavy atom. The third-order valence-corrected chi connectivity index (χ3v) is 4.55.